The van der Waals surface area contributed by atoms with E-state index in [4.69, 9.17) is 27.9 Å². The fourth-order valence-electron chi connectivity index (χ4n) is 2.31. The summed E-state index contributed by atoms with van der Waals surface area (Å²) in [5.41, 5.74) is 0.245. The molecule has 5 nitrogen and oxygen atoms in total. The number of halogens is 2. The van der Waals surface area contributed by atoms with Crippen molar-refractivity contribution in [2.75, 3.05) is 5.32 Å². The van der Waals surface area contributed by atoms with Gasteiger partial charge in [0.1, 0.15) is 12.4 Å². The Hall–Kier alpha value is -1.94. The normalized spacial score (nSPS) is 10.1. The molecule has 0 atom stereocenters. The van der Waals surface area contributed by atoms with Gasteiger partial charge < -0.3 is 15.2 Å². The molecule has 0 saturated carbocycles. The number of ether oxygens (including phenoxy) is 1. The maximum atomic E-state index is 12.4. The van der Waals surface area contributed by atoms with Gasteiger partial charge in [-0.3, -0.25) is 4.79 Å². The van der Waals surface area contributed by atoms with Gasteiger partial charge >= 0.3 is 24.8 Å². The van der Waals surface area contributed by atoms with Crippen molar-refractivity contribution in [1.29, 1.82) is 0 Å². The first-order valence-electron chi connectivity index (χ1n) is 7.73. The predicted octanol–water partition coefficient (Wildman–Crippen LogP) is 4.94. The first-order valence-corrected chi connectivity index (χ1v) is 9.36. The third-order valence-corrected chi connectivity index (χ3v) is 5.00. The van der Waals surface area contributed by atoms with Gasteiger partial charge in [-0.25, -0.2) is 4.79 Å². The third-order valence-electron chi connectivity index (χ3n) is 3.61. The van der Waals surface area contributed by atoms with E-state index in [1.165, 1.54) is 30.3 Å². The molecule has 2 aromatic carbocycles. The monoisotopic (exact) mass is 429 g/mol. The van der Waals surface area contributed by atoms with E-state index >= 15 is 0 Å². The number of benzene rings is 2. The zero-order chi connectivity index (χ0) is 19.4. The van der Waals surface area contributed by atoms with Crippen LogP contribution in [0.2, 0.25) is 10.0 Å². The fourth-order valence-corrected chi connectivity index (χ4v) is 3.42. The number of amides is 1. The Morgan fingerprint density at radius 3 is 2.50 bits per heavy atom. The molecular weight excluding hydrogens is 416 g/mol. The summed E-state index contributed by atoms with van der Waals surface area (Å²) in [4.78, 5) is 25.0. The molecule has 3 aromatic rings. The fraction of sp³-hybridized carbons (Fsp3) is 0.0526. The molecule has 2 N–H and O–H groups in total. The summed E-state index contributed by atoms with van der Waals surface area (Å²) in [6, 6.07) is 12.7. The van der Waals surface area contributed by atoms with E-state index in [0.29, 0.717) is 17.4 Å². The van der Waals surface area contributed by atoms with Crippen LogP contribution < -0.4 is 10.1 Å². The summed E-state index contributed by atoms with van der Waals surface area (Å²) in [6.07, 6.45) is 0. The van der Waals surface area contributed by atoms with E-state index in [1.54, 1.807) is 17.4 Å². The number of carboxylic acid groups (broad SMARTS) is 1. The van der Waals surface area contributed by atoms with Gasteiger partial charge in [-0.2, -0.15) is 0 Å². The van der Waals surface area contributed by atoms with Crippen LogP contribution in [0.15, 0.2) is 53.9 Å². The van der Waals surface area contributed by atoms with Crippen LogP contribution in [0.5, 0.6) is 5.75 Å². The number of anilines is 1. The second kappa shape index (κ2) is 10.0. The van der Waals surface area contributed by atoms with Crippen molar-refractivity contribution >= 4 is 71.0 Å². The molecule has 1 amide bonds. The van der Waals surface area contributed by atoms with Crippen LogP contribution in [0.4, 0.5) is 5.69 Å². The number of carbonyl (C=O) groups excluding carboxylic acids is 1. The summed E-state index contributed by atoms with van der Waals surface area (Å²) in [5, 5.41) is 14.5. The van der Waals surface area contributed by atoms with E-state index < -0.39 is 11.9 Å². The van der Waals surface area contributed by atoms with Crippen molar-refractivity contribution in [3.63, 3.8) is 0 Å². The number of hydrogen-bond acceptors (Lipinski definition) is 4. The van der Waals surface area contributed by atoms with Crippen molar-refractivity contribution in [2.45, 2.75) is 6.61 Å². The average molecular weight is 430 g/mol. The first-order chi connectivity index (χ1) is 12.9. The molecule has 3 rings (SSSR count). The number of carbonyl (C=O) groups is 2. The number of hydrogen-bond donors (Lipinski definition) is 2. The molecule has 28 heavy (non-hydrogen) atoms. The standard InChI is InChI=1S/C19H13Cl2NO4S.Li.H/c20-11-3-5-14(16(21)8-11)18(23)22-17-6-4-12(9-15(17)19(24)25)26-10-13-2-1-7-27-13;;/h1-9H,10H2,(H,22,23)(H,24,25);;. The van der Waals surface area contributed by atoms with Crippen molar-refractivity contribution in [3.05, 3.63) is 80.0 Å². The summed E-state index contributed by atoms with van der Waals surface area (Å²) in [6.45, 7) is 0.336. The molecule has 0 radical (unpaired) electrons. The SMILES string of the molecule is O=C(Nc1ccc(OCc2cccs2)cc1C(=O)O)c1ccc(Cl)cc1Cl.[LiH]. The second-order valence-corrected chi connectivity index (χ2v) is 7.33. The molecule has 0 spiro atoms. The number of rotatable bonds is 6. The summed E-state index contributed by atoms with van der Waals surface area (Å²) in [5.74, 6) is -1.33. The molecule has 0 saturated heterocycles. The number of nitrogens with one attached hydrogen (secondary N) is 1. The topological polar surface area (TPSA) is 75.6 Å². The van der Waals surface area contributed by atoms with Crippen molar-refractivity contribution < 1.29 is 19.4 Å². The molecule has 0 bridgehead atoms. The van der Waals surface area contributed by atoms with E-state index in [1.807, 2.05) is 17.5 Å². The Bertz CT molecular complexity index is 996. The third kappa shape index (κ3) is 5.54. The average Bonchev–Trinajstić information content (AvgIpc) is 3.14. The van der Waals surface area contributed by atoms with Crippen molar-refractivity contribution in [2.24, 2.45) is 0 Å². The molecule has 1 aromatic heterocycles. The Morgan fingerprint density at radius 2 is 1.86 bits per heavy atom. The minimum atomic E-state index is -1.19. The summed E-state index contributed by atoms with van der Waals surface area (Å²) < 4.78 is 5.62. The molecule has 0 aliphatic carbocycles. The van der Waals surface area contributed by atoms with Gasteiger partial charge in [0.15, 0.2) is 0 Å². The Labute approximate surface area is 187 Å². The predicted molar refractivity (Wildman–Crippen MR) is 114 cm³/mol. The van der Waals surface area contributed by atoms with Gasteiger partial charge in [-0.1, -0.05) is 29.3 Å². The minimum absolute atomic E-state index is 0. The Kier molecular flexibility index (Phi) is 7.99. The van der Waals surface area contributed by atoms with E-state index in [0.717, 1.165) is 4.88 Å². The van der Waals surface area contributed by atoms with Crippen LogP contribution >= 0.6 is 34.5 Å². The van der Waals surface area contributed by atoms with Gasteiger partial charge in [0, 0.05) is 9.90 Å². The van der Waals surface area contributed by atoms with Crippen molar-refractivity contribution in [3.8, 4) is 5.75 Å². The van der Waals surface area contributed by atoms with Gasteiger partial charge in [-0.05, 0) is 47.8 Å². The summed E-state index contributed by atoms with van der Waals surface area (Å²) >= 11 is 13.4. The van der Waals surface area contributed by atoms with Crippen LogP contribution in [0.1, 0.15) is 25.6 Å². The van der Waals surface area contributed by atoms with E-state index in [-0.39, 0.29) is 40.7 Å². The number of aromatic carboxylic acids is 1. The summed E-state index contributed by atoms with van der Waals surface area (Å²) in [7, 11) is 0. The van der Waals surface area contributed by atoms with Crippen molar-refractivity contribution in [1.82, 2.24) is 0 Å². The van der Waals surface area contributed by atoms with Crippen LogP contribution in [-0.2, 0) is 6.61 Å². The Morgan fingerprint density at radius 1 is 1.07 bits per heavy atom. The van der Waals surface area contributed by atoms with Gasteiger partial charge in [-0.15, -0.1) is 11.3 Å². The van der Waals surface area contributed by atoms with Crippen LogP contribution in [-0.4, -0.2) is 35.8 Å². The molecule has 1 heterocycles. The van der Waals surface area contributed by atoms with Crippen LogP contribution in [0, 0.1) is 0 Å². The maximum absolute atomic E-state index is 12.4. The zero-order valence-electron chi connectivity index (χ0n) is 13.7. The van der Waals surface area contributed by atoms with Gasteiger partial charge in [0.05, 0.1) is 21.8 Å². The zero-order valence-corrected chi connectivity index (χ0v) is 16.1. The molecule has 9 heteroatoms. The Balaban J connectivity index is 0.00000280. The quantitative estimate of drug-likeness (QED) is 0.544. The second-order valence-electron chi connectivity index (χ2n) is 5.46. The molecule has 140 valence electrons. The van der Waals surface area contributed by atoms with E-state index in [2.05, 4.69) is 5.32 Å². The molecule has 0 aliphatic heterocycles. The number of carboxylic acids is 1. The van der Waals surface area contributed by atoms with Crippen LogP contribution in [0.3, 0.4) is 0 Å². The van der Waals surface area contributed by atoms with Gasteiger partial charge in [0.2, 0.25) is 0 Å². The molecule has 0 unspecified atom stereocenters. The van der Waals surface area contributed by atoms with Gasteiger partial charge in [0.25, 0.3) is 5.91 Å². The van der Waals surface area contributed by atoms with E-state index in [9.17, 15) is 14.7 Å². The molecule has 0 fully saturated rings. The first kappa shape index (κ1) is 22.3. The molecule has 0 aliphatic rings. The van der Waals surface area contributed by atoms with Crippen LogP contribution in [0.25, 0.3) is 0 Å². The number of thiophene rings is 1. The molecular formula is C19H14Cl2LiNO4S.